The number of rotatable bonds is 5. The van der Waals surface area contributed by atoms with Gasteiger partial charge in [-0.05, 0) is 26.8 Å². The van der Waals surface area contributed by atoms with Crippen molar-refractivity contribution in [3.05, 3.63) is 0 Å². The second-order valence-electron chi connectivity index (χ2n) is 6.55. The molecular weight excluding hydrogens is 226 g/mol. The van der Waals surface area contributed by atoms with Crippen LogP contribution in [0, 0.1) is 5.92 Å². The zero-order valence-electron chi connectivity index (χ0n) is 13.0. The molecule has 4 nitrogen and oxygen atoms in total. The number of methoxy groups -OCH3 is 1. The molecule has 0 bridgehead atoms. The lowest BCUT2D eigenvalue weighted by Crippen LogP contribution is -2.68. The highest BCUT2D eigenvalue weighted by Gasteiger charge is 2.44. The first kappa shape index (κ1) is 15.9. The predicted molar refractivity (Wildman–Crippen MR) is 76.8 cm³/mol. The van der Waals surface area contributed by atoms with Crippen molar-refractivity contribution in [2.24, 2.45) is 11.7 Å². The van der Waals surface area contributed by atoms with E-state index < -0.39 is 0 Å². The fraction of sp³-hybridized carbons (Fsp3) is 1.00. The van der Waals surface area contributed by atoms with Crippen LogP contribution in [-0.2, 0) is 4.74 Å². The summed E-state index contributed by atoms with van der Waals surface area (Å²) < 4.78 is 5.47. The quantitative estimate of drug-likeness (QED) is 0.798. The Bertz CT molecular complexity index is 268. The van der Waals surface area contributed by atoms with E-state index in [2.05, 4.69) is 44.5 Å². The Hall–Kier alpha value is -0.160. The fourth-order valence-electron chi connectivity index (χ4n) is 2.92. The van der Waals surface area contributed by atoms with Gasteiger partial charge in [-0.15, -0.1) is 0 Å². The van der Waals surface area contributed by atoms with Gasteiger partial charge >= 0.3 is 0 Å². The van der Waals surface area contributed by atoms with Gasteiger partial charge in [0.25, 0.3) is 0 Å². The van der Waals surface area contributed by atoms with Crippen LogP contribution in [-0.4, -0.2) is 67.8 Å². The Kier molecular flexibility index (Phi) is 5.18. The fourth-order valence-corrected chi connectivity index (χ4v) is 2.92. The zero-order chi connectivity index (χ0) is 14.0. The monoisotopic (exact) mass is 257 g/mol. The van der Waals surface area contributed by atoms with Gasteiger partial charge in [0.05, 0.1) is 12.1 Å². The molecule has 0 aromatic heterocycles. The van der Waals surface area contributed by atoms with E-state index in [9.17, 15) is 0 Å². The summed E-state index contributed by atoms with van der Waals surface area (Å²) in [6, 6.07) is 0. The number of piperazine rings is 1. The number of nitrogens with zero attached hydrogens (tertiary/aromatic N) is 2. The van der Waals surface area contributed by atoms with Crippen molar-refractivity contribution in [1.29, 1.82) is 0 Å². The van der Waals surface area contributed by atoms with Crippen LogP contribution in [0.25, 0.3) is 0 Å². The molecule has 1 saturated heterocycles. The lowest BCUT2D eigenvalue weighted by molar-refractivity contribution is -0.0710. The molecule has 1 rings (SSSR count). The van der Waals surface area contributed by atoms with Gasteiger partial charge in [-0.2, -0.15) is 0 Å². The number of ether oxygens (including phenoxy) is 1. The summed E-state index contributed by atoms with van der Waals surface area (Å²) in [6.07, 6.45) is 0. The van der Waals surface area contributed by atoms with E-state index in [1.165, 1.54) is 0 Å². The molecule has 1 aliphatic heterocycles. The van der Waals surface area contributed by atoms with Crippen LogP contribution in [0.3, 0.4) is 0 Å². The van der Waals surface area contributed by atoms with Crippen LogP contribution in [0.1, 0.15) is 27.7 Å². The van der Waals surface area contributed by atoms with Gasteiger partial charge in [0, 0.05) is 38.8 Å². The van der Waals surface area contributed by atoms with Crippen LogP contribution in [0.4, 0.5) is 0 Å². The normalized spacial score (nSPS) is 25.3. The lowest BCUT2D eigenvalue weighted by atomic mass is 9.82. The van der Waals surface area contributed by atoms with Crippen LogP contribution in [0.15, 0.2) is 0 Å². The van der Waals surface area contributed by atoms with Crippen molar-refractivity contribution in [3.8, 4) is 0 Å². The molecule has 1 atom stereocenters. The van der Waals surface area contributed by atoms with Crippen molar-refractivity contribution < 1.29 is 4.74 Å². The molecule has 18 heavy (non-hydrogen) atoms. The molecular formula is C14H31N3O. The first-order chi connectivity index (χ1) is 8.30. The highest BCUT2D eigenvalue weighted by Crippen LogP contribution is 2.30. The van der Waals surface area contributed by atoms with Crippen LogP contribution >= 0.6 is 0 Å². The average molecular weight is 257 g/mol. The second-order valence-corrected chi connectivity index (χ2v) is 6.55. The van der Waals surface area contributed by atoms with E-state index in [0.29, 0.717) is 19.1 Å². The summed E-state index contributed by atoms with van der Waals surface area (Å²) in [5.41, 5.74) is 6.27. The van der Waals surface area contributed by atoms with Crippen molar-refractivity contribution in [2.45, 2.75) is 38.8 Å². The van der Waals surface area contributed by atoms with E-state index >= 15 is 0 Å². The highest BCUT2D eigenvalue weighted by atomic mass is 16.5. The summed E-state index contributed by atoms with van der Waals surface area (Å²) in [4.78, 5) is 4.97. The van der Waals surface area contributed by atoms with Gasteiger partial charge in [-0.25, -0.2) is 0 Å². The van der Waals surface area contributed by atoms with Crippen molar-refractivity contribution >= 4 is 0 Å². The van der Waals surface area contributed by atoms with Gasteiger partial charge in [0.1, 0.15) is 0 Å². The van der Waals surface area contributed by atoms with Gasteiger partial charge in [-0.3, -0.25) is 9.80 Å². The molecule has 0 amide bonds. The average Bonchev–Trinajstić information content (AvgIpc) is 2.29. The zero-order valence-corrected chi connectivity index (χ0v) is 13.0. The van der Waals surface area contributed by atoms with Crippen molar-refractivity contribution in [1.82, 2.24) is 9.80 Å². The molecule has 2 N–H and O–H groups in total. The van der Waals surface area contributed by atoms with Crippen LogP contribution < -0.4 is 5.73 Å². The lowest BCUT2D eigenvalue weighted by Gasteiger charge is -2.54. The third-order valence-electron chi connectivity index (χ3n) is 4.77. The van der Waals surface area contributed by atoms with Gasteiger partial charge < -0.3 is 10.5 Å². The Morgan fingerprint density at radius 3 is 2.33 bits per heavy atom. The molecule has 108 valence electrons. The molecule has 1 heterocycles. The minimum Gasteiger partial charge on any atom is -0.383 e. The predicted octanol–water partition coefficient (Wildman–Crippen LogP) is 1.01. The Balaban J connectivity index is 2.93. The van der Waals surface area contributed by atoms with E-state index in [1.54, 1.807) is 7.11 Å². The standard InChI is InChI=1S/C14H31N3O/c1-12(2)14(9-15,11-18-6)17-8-7-16(5)13(3,4)10-17/h12H,7-11,15H2,1-6H3. The van der Waals surface area contributed by atoms with Gasteiger partial charge in [-0.1, -0.05) is 13.8 Å². The van der Waals surface area contributed by atoms with E-state index in [0.717, 1.165) is 19.6 Å². The topological polar surface area (TPSA) is 41.7 Å². The van der Waals surface area contributed by atoms with E-state index in [4.69, 9.17) is 10.5 Å². The summed E-state index contributed by atoms with van der Waals surface area (Å²) in [5, 5.41) is 0. The maximum atomic E-state index is 6.11. The maximum Gasteiger partial charge on any atom is 0.0661 e. The Labute approximate surface area is 112 Å². The number of hydrogen-bond donors (Lipinski definition) is 1. The third-order valence-corrected chi connectivity index (χ3v) is 4.77. The number of hydrogen-bond acceptors (Lipinski definition) is 4. The summed E-state index contributed by atoms with van der Waals surface area (Å²) >= 11 is 0. The van der Waals surface area contributed by atoms with Crippen molar-refractivity contribution in [3.63, 3.8) is 0 Å². The molecule has 0 spiro atoms. The minimum absolute atomic E-state index is 0.0344. The molecule has 1 unspecified atom stereocenters. The summed E-state index contributed by atoms with van der Waals surface area (Å²) in [5.74, 6) is 0.488. The smallest absolute Gasteiger partial charge is 0.0661 e. The summed E-state index contributed by atoms with van der Waals surface area (Å²) in [7, 11) is 3.97. The number of likely N-dealkylation sites (N-methyl/N-ethyl adjacent to an activating group) is 1. The SMILES string of the molecule is COCC(CN)(C(C)C)N1CCN(C)C(C)(C)C1. The van der Waals surface area contributed by atoms with Gasteiger partial charge in [0.2, 0.25) is 0 Å². The van der Waals surface area contributed by atoms with Crippen LogP contribution in [0.2, 0.25) is 0 Å². The minimum atomic E-state index is -0.0344. The van der Waals surface area contributed by atoms with E-state index in [1.807, 2.05) is 0 Å². The van der Waals surface area contributed by atoms with E-state index in [-0.39, 0.29) is 11.1 Å². The Morgan fingerprint density at radius 1 is 1.33 bits per heavy atom. The molecule has 0 aromatic rings. The molecule has 0 radical (unpaired) electrons. The molecule has 4 heteroatoms. The molecule has 0 saturated carbocycles. The summed E-state index contributed by atoms with van der Waals surface area (Å²) in [6.45, 7) is 13.7. The van der Waals surface area contributed by atoms with Crippen molar-refractivity contribution in [2.75, 3.05) is 46.9 Å². The molecule has 0 aliphatic carbocycles. The first-order valence-corrected chi connectivity index (χ1v) is 6.95. The first-order valence-electron chi connectivity index (χ1n) is 6.95. The Morgan fingerprint density at radius 2 is 1.94 bits per heavy atom. The largest absolute Gasteiger partial charge is 0.383 e. The molecule has 0 aromatic carbocycles. The number of nitrogens with two attached hydrogens (primary N) is 1. The maximum absolute atomic E-state index is 6.11. The second kappa shape index (κ2) is 5.87. The highest BCUT2D eigenvalue weighted by molar-refractivity contribution is 5.00. The molecule has 1 fully saturated rings. The molecule has 1 aliphatic rings. The van der Waals surface area contributed by atoms with Gasteiger partial charge in [0.15, 0.2) is 0 Å². The van der Waals surface area contributed by atoms with Crippen LogP contribution in [0.5, 0.6) is 0 Å². The third kappa shape index (κ3) is 2.87.